The lowest BCUT2D eigenvalue weighted by atomic mass is 10.2. The molecule has 0 bridgehead atoms. The molecular weight excluding hydrogens is 292 g/mol. The fourth-order valence-corrected chi connectivity index (χ4v) is 1.95. The lowest BCUT2D eigenvalue weighted by molar-refractivity contribution is -0.151. The third-order valence-corrected chi connectivity index (χ3v) is 3.29. The zero-order chi connectivity index (χ0) is 13.6. The van der Waals surface area contributed by atoms with Crippen LogP contribution in [0.4, 0.5) is 24.8 Å². The van der Waals surface area contributed by atoms with Crippen LogP contribution in [0.25, 0.3) is 0 Å². The van der Waals surface area contributed by atoms with Gasteiger partial charge in [0.15, 0.2) is 5.82 Å². The van der Waals surface area contributed by atoms with Gasteiger partial charge in [-0.15, -0.1) is 0 Å². The normalized spacial score (nSPS) is 17.4. The molecule has 1 heterocycles. The highest BCUT2D eigenvalue weighted by Crippen LogP contribution is 2.51. The molecule has 0 unspecified atom stereocenters. The number of nitrogens with two attached hydrogens (primary N) is 1. The Bertz CT molecular complexity index is 474. The molecule has 0 aromatic carbocycles. The summed E-state index contributed by atoms with van der Waals surface area (Å²) < 4.78 is 38.3. The summed E-state index contributed by atoms with van der Waals surface area (Å²) in [4.78, 5) is 3.82. The Kier molecular flexibility index (Phi) is 3.25. The molecule has 1 saturated carbocycles. The Morgan fingerprint density at radius 3 is 2.22 bits per heavy atom. The number of nitrogens with zero attached hydrogens (tertiary/aromatic N) is 1. The molecule has 0 saturated heterocycles. The van der Waals surface area contributed by atoms with Gasteiger partial charge in [0.2, 0.25) is 0 Å². The van der Waals surface area contributed by atoms with Crippen LogP contribution in [0.5, 0.6) is 0 Å². The molecule has 0 aliphatic heterocycles. The van der Waals surface area contributed by atoms with Crippen LogP contribution in [-0.4, -0.2) is 16.7 Å². The minimum absolute atomic E-state index is 0.00882. The van der Waals surface area contributed by atoms with Crippen molar-refractivity contribution >= 4 is 34.8 Å². The Labute approximate surface area is 111 Å². The van der Waals surface area contributed by atoms with Gasteiger partial charge in [-0.05, 0) is 18.9 Å². The van der Waals surface area contributed by atoms with E-state index in [1.807, 2.05) is 0 Å². The largest absolute Gasteiger partial charge is 0.411 e. The number of hydrogen-bond acceptors (Lipinski definition) is 4. The van der Waals surface area contributed by atoms with E-state index in [4.69, 9.17) is 29.0 Å². The van der Waals surface area contributed by atoms with Gasteiger partial charge in [-0.1, -0.05) is 23.2 Å². The second-order valence-corrected chi connectivity index (χ2v) is 4.81. The minimum Gasteiger partial charge on any atom is -0.355 e. The Morgan fingerprint density at radius 1 is 1.22 bits per heavy atom. The van der Waals surface area contributed by atoms with Crippen LogP contribution in [0.1, 0.15) is 12.8 Å². The van der Waals surface area contributed by atoms with Crippen molar-refractivity contribution in [2.75, 3.05) is 10.7 Å². The number of halogens is 5. The zero-order valence-electron chi connectivity index (χ0n) is 8.91. The molecule has 0 spiro atoms. The third-order valence-electron chi connectivity index (χ3n) is 2.72. The second kappa shape index (κ2) is 4.32. The summed E-state index contributed by atoms with van der Waals surface area (Å²) in [7, 11) is 0. The molecule has 4 nitrogen and oxygen atoms in total. The topological polar surface area (TPSA) is 63.0 Å². The Balaban J connectivity index is 2.30. The van der Waals surface area contributed by atoms with Gasteiger partial charge in [0.25, 0.3) is 0 Å². The van der Waals surface area contributed by atoms with E-state index in [0.29, 0.717) is 0 Å². The van der Waals surface area contributed by atoms with Crippen molar-refractivity contribution in [2.45, 2.75) is 24.6 Å². The van der Waals surface area contributed by atoms with E-state index in [0.717, 1.165) is 0 Å². The molecule has 4 N–H and O–H groups in total. The van der Waals surface area contributed by atoms with Gasteiger partial charge in [-0.2, -0.15) is 13.2 Å². The summed E-state index contributed by atoms with van der Waals surface area (Å²) in [5.74, 6) is 5.11. The number of pyridine rings is 1. The molecule has 0 amide bonds. The van der Waals surface area contributed by atoms with Gasteiger partial charge in [-0.25, -0.2) is 10.8 Å². The molecule has 2 rings (SSSR count). The van der Waals surface area contributed by atoms with E-state index in [1.54, 1.807) is 0 Å². The van der Waals surface area contributed by atoms with Crippen molar-refractivity contribution in [3.05, 3.63) is 16.1 Å². The minimum atomic E-state index is -4.35. The maximum atomic E-state index is 12.8. The average molecular weight is 301 g/mol. The number of anilines is 2. The van der Waals surface area contributed by atoms with Gasteiger partial charge < -0.3 is 10.7 Å². The number of nitrogen functional groups attached to an aromatic ring is 1. The monoisotopic (exact) mass is 300 g/mol. The van der Waals surface area contributed by atoms with Crippen molar-refractivity contribution < 1.29 is 13.2 Å². The number of hydrogen-bond donors (Lipinski definition) is 3. The first-order valence-electron chi connectivity index (χ1n) is 4.97. The van der Waals surface area contributed by atoms with Crippen molar-refractivity contribution in [3.63, 3.8) is 0 Å². The molecule has 1 fully saturated rings. The molecule has 1 aromatic rings. The molecule has 1 aliphatic carbocycles. The quantitative estimate of drug-likeness (QED) is 0.593. The lowest BCUT2D eigenvalue weighted by Crippen LogP contribution is -2.39. The Morgan fingerprint density at radius 2 is 1.78 bits per heavy atom. The average Bonchev–Trinajstić information content (AvgIpc) is 3.02. The van der Waals surface area contributed by atoms with Gasteiger partial charge in [0.05, 0.1) is 10.0 Å². The highest BCUT2D eigenvalue weighted by molar-refractivity contribution is 6.37. The maximum Gasteiger partial charge on any atom is 0.411 e. The van der Waals surface area contributed by atoms with Crippen LogP contribution in [-0.2, 0) is 0 Å². The second-order valence-electron chi connectivity index (χ2n) is 4.00. The first kappa shape index (κ1) is 13.5. The third kappa shape index (κ3) is 2.30. The number of aromatic nitrogens is 1. The molecule has 0 atom stereocenters. The van der Waals surface area contributed by atoms with Crippen LogP contribution in [0.15, 0.2) is 6.07 Å². The predicted octanol–water partition coefficient (Wildman–Crippen LogP) is 3.18. The summed E-state index contributed by atoms with van der Waals surface area (Å²) >= 11 is 11.5. The van der Waals surface area contributed by atoms with Gasteiger partial charge in [0.1, 0.15) is 11.4 Å². The van der Waals surface area contributed by atoms with E-state index < -0.39 is 11.7 Å². The zero-order valence-corrected chi connectivity index (χ0v) is 10.4. The van der Waals surface area contributed by atoms with Gasteiger partial charge in [-0.3, -0.25) is 0 Å². The molecule has 1 aliphatic rings. The lowest BCUT2D eigenvalue weighted by Gasteiger charge is -2.22. The smallest absolute Gasteiger partial charge is 0.355 e. The molecule has 18 heavy (non-hydrogen) atoms. The van der Waals surface area contributed by atoms with Crippen molar-refractivity contribution in [3.8, 4) is 0 Å². The van der Waals surface area contributed by atoms with Crippen LogP contribution >= 0.6 is 23.2 Å². The van der Waals surface area contributed by atoms with E-state index in [2.05, 4.69) is 15.7 Å². The van der Waals surface area contributed by atoms with Crippen molar-refractivity contribution in [1.82, 2.24) is 4.98 Å². The van der Waals surface area contributed by atoms with Gasteiger partial charge in [0, 0.05) is 0 Å². The maximum absolute atomic E-state index is 12.8. The fourth-order valence-electron chi connectivity index (χ4n) is 1.49. The molecule has 0 radical (unpaired) electrons. The SMILES string of the molecule is NNc1nc(NC2(C(F)(F)F)CC2)c(Cl)cc1Cl. The van der Waals surface area contributed by atoms with E-state index in [1.165, 1.54) is 6.07 Å². The van der Waals surface area contributed by atoms with E-state index in [-0.39, 0.29) is 34.5 Å². The van der Waals surface area contributed by atoms with Crippen LogP contribution in [0.3, 0.4) is 0 Å². The first-order valence-corrected chi connectivity index (χ1v) is 5.72. The molecule has 9 heteroatoms. The number of rotatable bonds is 3. The predicted molar refractivity (Wildman–Crippen MR) is 63.7 cm³/mol. The summed E-state index contributed by atoms with van der Waals surface area (Å²) in [5.41, 5.74) is 0.244. The fraction of sp³-hybridized carbons (Fsp3) is 0.444. The number of alkyl halides is 3. The van der Waals surface area contributed by atoms with E-state index >= 15 is 0 Å². The van der Waals surface area contributed by atoms with Crippen molar-refractivity contribution in [2.24, 2.45) is 5.84 Å². The summed E-state index contributed by atoms with van der Waals surface area (Å²) in [6.45, 7) is 0. The highest BCUT2D eigenvalue weighted by atomic mass is 35.5. The standard InChI is InChI=1S/C9H9Cl2F3N4/c10-4-3-5(11)7(18-15)16-6(4)17-8(1-2-8)9(12,13)14/h3H,1-2,15H2,(H2,16,17,18). The molecule has 1 aromatic heterocycles. The van der Waals surface area contributed by atoms with Crippen LogP contribution < -0.4 is 16.6 Å². The van der Waals surface area contributed by atoms with Crippen molar-refractivity contribution in [1.29, 1.82) is 0 Å². The number of hydrazine groups is 1. The number of nitrogens with one attached hydrogen (secondary N) is 2. The summed E-state index contributed by atoms with van der Waals surface area (Å²) in [6.07, 6.45) is -4.38. The van der Waals surface area contributed by atoms with E-state index in [9.17, 15) is 13.2 Å². The molecular formula is C9H9Cl2F3N4. The van der Waals surface area contributed by atoms with Crippen LogP contribution in [0, 0.1) is 0 Å². The molecule has 100 valence electrons. The highest BCUT2D eigenvalue weighted by Gasteiger charge is 2.63. The van der Waals surface area contributed by atoms with Crippen LogP contribution in [0.2, 0.25) is 10.0 Å². The summed E-state index contributed by atoms with van der Waals surface area (Å²) in [6, 6.07) is 1.28. The summed E-state index contributed by atoms with van der Waals surface area (Å²) in [5, 5.41) is 2.46. The first-order chi connectivity index (χ1) is 8.29. The van der Waals surface area contributed by atoms with Gasteiger partial charge >= 0.3 is 6.18 Å². The Hall–Kier alpha value is -0.920.